The average Bonchev–Trinajstić information content (AvgIpc) is 3.48. The van der Waals surface area contributed by atoms with E-state index in [1.807, 2.05) is 6.07 Å². The summed E-state index contributed by atoms with van der Waals surface area (Å²) in [6.07, 6.45) is 4.60. The maximum atomic E-state index is 13.1. The first-order chi connectivity index (χ1) is 15.3. The molecule has 1 saturated heterocycles. The number of benzene rings is 1. The lowest BCUT2D eigenvalue weighted by molar-refractivity contribution is -0.117. The third-order valence-electron chi connectivity index (χ3n) is 5.80. The summed E-state index contributed by atoms with van der Waals surface area (Å²) in [7, 11) is -3.89. The van der Waals surface area contributed by atoms with Crippen LogP contribution in [0.3, 0.4) is 0 Å². The van der Waals surface area contributed by atoms with Gasteiger partial charge in [-0.2, -0.15) is 4.31 Å². The van der Waals surface area contributed by atoms with Gasteiger partial charge in [0, 0.05) is 23.2 Å². The number of amides is 2. The molecule has 170 valence electrons. The Hall–Kier alpha value is -2.53. The molecule has 4 rings (SSSR count). The molecule has 2 atom stereocenters. The van der Waals surface area contributed by atoms with Crippen molar-refractivity contribution in [3.05, 3.63) is 58.3 Å². The first kappa shape index (κ1) is 22.7. The van der Waals surface area contributed by atoms with Crippen molar-refractivity contribution in [2.24, 2.45) is 0 Å². The second-order valence-electron chi connectivity index (χ2n) is 7.95. The number of anilines is 1. The van der Waals surface area contributed by atoms with Crippen molar-refractivity contribution in [2.75, 3.05) is 18.5 Å². The van der Waals surface area contributed by atoms with Gasteiger partial charge in [0.05, 0.1) is 22.4 Å². The Kier molecular flexibility index (Phi) is 6.47. The molecule has 10 heteroatoms. The summed E-state index contributed by atoms with van der Waals surface area (Å²) in [4.78, 5) is 26.1. The monoisotopic (exact) mass is 475 g/mol. The van der Waals surface area contributed by atoms with Crippen LogP contribution in [0.2, 0.25) is 0 Å². The zero-order valence-electron chi connectivity index (χ0n) is 17.4. The van der Waals surface area contributed by atoms with Crippen LogP contribution in [0.15, 0.2) is 47.9 Å². The highest BCUT2D eigenvalue weighted by atomic mass is 32.2. The normalized spacial score (nSPS) is 20.7. The average molecular weight is 476 g/mol. The summed E-state index contributed by atoms with van der Waals surface area (Å²) in [5.74, 6) is -0.595. The highest BCUT2D eigenvalue weighted by molar-refractivity contribution is 7.89. The third-order valence-corrected chi connectivity index (χ3v) is 8.96. The van der Waals surface area contributed by atoms with Gasteiger partial charge in [0.2, 0.25) is 15.9 Å². The maximum Gasteiger partial charge on any atom is 0.265 e. The number of aliphatic hydroxyl groups excluding tert-OH is 1. The van der Waals surface area contributed by atoms with E-state index in [9.17, 15) is 23.1 Å². The summed E-state index contributed by atoms with van der Waals surface area (Å²) in [6, 6.07) is 6.87. The van der Waals surface area contributed by atoms with E-state index in [1.54, 1.807) is 12.1 Å². The lowest BCUT2D eigenvalue weighted by Crippen LogP contribution is -2.39. The molecule has 1 aromatic heterocycles. The van der Waals surface area contributed by atoms with Crippen LogP contribution in [-0.2, 0) is 27.7 Å². The number of rotatable bonds is 7. The topological polar surface area (TPSA) is 116 Å². The fourth-order valence-electron chi connectivity index (χ4n) is 4.19. The van der Waals surface area contributed by atoms with Crippen molar-refractivity contribution < 1.29 is 23.1 Å². The summed E-state index contributed by atoms with van der Waals surface area (Å²) < 4.78 is 27.5. The summed E-state index contributed by atoms with van der Waals surface area (Å²) in [6.45, 7) is 3.11. The SMILES string of the molecule is C=CC(=O)NC1CC(CO)N(S(=O)(=O)c2ccc(NC(=O)c3cc4c(s3)CCC4)cc2)C1. The van der Waals surface area contributed by atoms with Crippen molar-refractivity contribution in [2.45, 2.75) is 42.7 Å². The number of aryl methyl sites for hydroxylation is 2. The van der Waals surface area contributed by atoms with Crippen LogP contribution in [0.1, 0.15) is 33.0 Å². The first-order valence-electron chi connectivity index (χ1n) is 10.4. The van der Waals surface area contributed by atoms with E-state index in [0.29, 0.717) is 17.0 Å². The molecule has 2 aliphatic rings. The Balaban J connectivity index is 1.45. The third kappa shape index (κ3) is 4.49. The highest BCUT2D eigenvalue weighted by Crippen LogP contribution is 2.31. The van der Waals surface area contributed by atoms with E-state index in [-0.39, 0.29) is 29.9 Å². The molecule has 0 spiro atoms. The smallest absolute Gasteiger partial charge is 0.265 e. The second kappa shape index (κ2) is 9.14. The van der Waals surface area contributed by atoms with Crippen LogP contribution < -0.4 is 10.6 Å². The Labute approximate surface area is 191 Å². The molecule has 2 unspecified atom stereocenters. The number of sulfonamides is 1. The number of carbonyl (C=O) groups is 2. The van der Waals surface area contributed by atoms with Crippen molar-refractivity contribution >= 4 is 38.9 Å². The van der Waals surface area contributed by atoms with E-state index >= 15 is 0 Å². The number of carbonyl (C=O) groups excluding carboxylic acids is 2. The predicted octanol–water partition coefficient (Wildman–Crippen LogP) is 1.92. The van der Waals surface area contributed by atoms with Crippen LogP contribution in [0.25, 0.3) is 0 Å². The lowest BCUT2D eigenvalue weighted by Gasteiger charge is -2.22. The van der Waals surface area contributed by atoms with Crippen LogP contribution >= 0.6 is 11.3 Å². The molecule has 0 saturated carbocycles. The molecule has 1 fully saturated rings. The van der Waals surface area contributed by atoms with E-state index in [2.05, 4.69) is 17.2 Å². The zero-order chi connectivity index (χ0) is 22.9. The van der Waals surface area contributed by atoms with Gasteiger partial charge in [-0.3, -0.25) is 9.59 Å². The Morgan fingerprint density at radius 1 is 1.25 bits per heavy atom. The summed E-state index contributed by atoms with van der Waals surface area (Å²) in [5, 5.41) is 15.2. The van der Waals surface area contributed by atoms with E-state index < -0.39 is 22.1 Å². The molecule has 2 amide bonds. The molecule has 0 bridgehead atoms. The summed E-state index contributed by atoms with van der Waals surface area (Å²) in [5.41, 5.74) is 1.74. The second-order valence-corrected chi connectivity index (χ2v) is 11.0. The molecule has 1 aromatic carbocycles. The van der Waals surface area contributed by atoms with E-state index in [4.69, 9.17) is 0 Å². The number of fused-ring (bicyclic) bond motifs is 1. The highest BCUT2D eigenvalue weighted by Gasteiger charge is 2.40. The van der Waals surface area contributed by atoms with Gasteiger partial charge in [0.1, 0.15) is 0 Å². The van der Waals surface area contributed by atoms with Crippen molar-refractivity contribution in [1.29, 1.82) is 0 Å². The number of hydrogen-bond acceptors (Lipinski definition) is 6. The van der Waals surface area contributed by atoms with Gasteiger partial charge >= 0.3 is 0 Å². The molecule has 3 N–H and O–H groups in total. The fraction of sp³-hybridized carbons (Fsp3) is 0.364. The van der Waals surface area contributed by atoms with Gasteiger partial charge in [-0.1, -0.05) is 6.58 Å². The summed E-state index contributed by atoms with van der Waals surface area (Å²) >= 11 is 1.51. The van der Waals surface area contributed by atoms with Gasteiger partial charge in [0.25, 0.3) is 5.91 Å². The fourth-order valence-corrected chi connectivity index (χ4v) is 7.01. The number of nitrogens with zero attached hydrogens (tertiary/aromatic N) is 1. The van der Waals surface area contributed by atoms with Crippen LogP contribution in [0.5, 0.6) is 0 Å². The first-order valence-corrected chi connectivity index (χ1v) is 12.7. The van der Waals surface area contributed by atoms with E-state index in [0.717, 1.165) is 25.3 Å². The minimum absolute atomic E-state index is 0.0553. The Morgan fingerprint density at radius 2 is 2.00 bits per heavy atom. The van der Waals surface area contributed by atoms with Crippen LogP contribution in [0, 0.1) is 0 Å². The number of aliphatic hydroxyl groups is 1. The number of nitrogens with one attached hydrogen (secondary N) is 2. The number of thiophene rings is 1. The largest absolute Gasteiger partial charge is 0.395 e. The quantitative estimate of drug-likeness (QED) is 0.529. The molecule has 0 radical (unpaired) electrons. The maximum absolute atomic E-state index is 13.1. The van der Waals surface area contributed by atoms with Gasteiger partial charge in [-0.15, -0.1) is 11.3 Å². The molecular weight excluding hydrogens is 450 g/mol. The molecule has 1 aliphatic carbocycles. The van der Waals surface area contributed by atoms with Crippen LogP contribution in [-0.4, -0.2) is 54.9 Å². The predicted molar refractivity (Wildman–Crippen MR) is 122 cm³/mol. The minimum atomic E-state index is -3.89. The Morgan fingerprint density at radius 3 is 2.66 bits per heavy atom. The van der Waals surface area contributed by atoms with Crippen molar-refractivity contribution in [3.63, 3.8) is 0 Å². The molecule has 1 aliphatic heterocycles. The van der Waals surface area contributed by atoms with Crippen LogP contribution in [0.4, 0.5) is 5.69 Å². The van der Waals surface area contributed by atoms with Crippen molar-refractivity contribution in [3.8, 4) is 0 Å². The molecule has 8 nitrogen and oxygen atoms in total. The molecular formula is C22H25N3O5S2. The number of hydrogen-bond donors (Lipinski definition) is 3. The molecule has 32 heavy (non-hydrogen) atoms. The Bertz CT molecular complexity index is 1120. The zero-order valence-corrected chi connectivity index (χ0v) is 19.0. The minimum Gasteiger partial charge on any atom is -0.395 e. The van der Waals surface area contributed by atoms with E-state index in [1.165, 1.54) is 38.2 Å². The van der Waals surface area contributed by atoms with Gasteiger partial charge in [-0.25, -0.2) is 8.42 Å². The standard InChI is InChI=1S/C22H25N3O5S2/c1-2-21(27)23-16-11-17(13-26)25(12-16)32(29,30)18-8-6-15(7-9-18)24-22(28)20-10-14-4-3-5-19(14)31-20/h2,6-10,16-17,26H,1,3-5,11-13H2,(H,23,27)(H,24,28). The van der Waals surface area contributed by atoms with Gasteiger partial charge in [0.15, 0.2) is 0 Å². The van der Waals surface area contributed by atoms with Gasteiger partial charge < -0.3 is 15.7 Å². The lowest BCUT2D eigenvalue weighted by atomic mass is 10.2. The molecule has 2 heterocycles. The van der Waals surface area contributed by atoms with Gasteiger partial charge in [-0.05, 0) is 67.7 Å². The van der Waals surface area contributed by atoms with Crippen molar-refractivity contribution in [1.82, 2.24) is 9.62 Å². The molecule has 2 aromatic rings.